The van der Waals surface area contributed by atoms with Gasteiger partial charge in [-0.3, -0.25) is 9.69 Å². The van der Waals surface area contributed by atoms with Crippen LogP contribution in [0.2, 0.25) is 0 Å². The molecule has 2 aromatic heterocycles. The SMILES string of the molecule is COc1ccnc(N2CCC(C(=O)Nc3nc(CN4CC(C)CC(C)C4)cs3)CC2)n1. The normalized spacial score (nSPS) is 23.0. The molecule has 1 amide bonds. The summed E-state index contributed by atoms with van der Waals surface area (Å²) in [4.78, 5) is 30.8. The largest absolute Gasteiger partial charge is 0.481 e. The number of nitrogens with zero attached hydrogens (tertiary/aromatic N) is 5. The lowest BCUT2D eigenvalue weighted by atomic mass is 9.92. The van der Waals surface area contributed by atoms with E-state index in [-0.39, 0.29) is 11.8 Å². The maximum Gasteiger partial charge on any atom is 0.229 e. The first-order chi connectivity index (χ1) is 15.0. The van der Waals surface area contributed by atoms with Crippen molar-refractivity contribution >= 4 is 28.3 Å². The minimum absolute atomic E-state index is 0.0157. The Balaban J connectivity index is 1.26. The van der Waals surface area contributed by atoms with Crippen LogP contribution < -0.4 is 15.0 Å². The molecule has 1 N–H and O–H groups in total. The number of hydrogen-bond donors (Lipinski definition) is 1. The zero-order valence-electron chi connectivity index (χ0n) is 18.6. The molecule has 0 spiro atoms. The van der Waals surface area contributed by atoms with Gasteiger partial charge in [-0.2, -0.15) is 4.98 Å². The van der Waals surface area contributed by atoms with E-state index in [1.807, 2.05) is 0 Å². The maximum absolute atomic E-state index is 12.8. The fraction of sp³-hybridized carbons (Fsp3) is 0.636. The van der Waals surface area contributed by atoms with Crippen molar-refractivity contribution in [2.24, 2.45) is 17.8 Å². The van der Waals surface area contributed by atoms with Crippen molar-refractivity contribution in [3.05, 3.63) is 23.3 Å². The van der Waals surface area contributed by atoms with E-state index in [2.05, 4.69) is 49.3 Å². The minimum atomic E-state index is -0.0157. The van der Waals surface area contributed by atoms with Gasteiger partial charge in [0.05, 0.1) is 12.8 Å². The topological polar surface area (TPSA) is 83.5 Å². The highest BCUT2D eigenvalue weighted by molar-refractivity contribution is 7.13. The second kappa shape index (κ2) is 9.91. The molecule has 2 aromatic rings. The fourth-order valence-electron chi connectivity index (χ4n) is 4.73. The Labute approximate surface area is 188 Å². The lowest BCUT2D eigenvalue weighted by Gasteiger charge is -2.34. The molecule has 2 fully saturated rings. The summed E-state index contributed by atoms with van der Waals surface area (Å²) in [6.45, 7) is 9.25. The second-order valence-corrected chi connectivity index (χ2v) is 9.79. The van der Waals surface area contributed by atoms with Gasteiger partial charge in [0.1, 0.15) is 0 Å². The Morgan fingerprint density at radius 1 is 1.23 bits per heavy atom. The highest BCUT2D eigenvalue weighted by Crippen LogP contribution is 2.26. The Bertz CT molecular complexity index is 872. The number of anilines is 2. The van der Waals surface area contributed by atoms with Gasteiger partial charge in [-0.1, -0.05) is 13.8 Å². The molecule has 2 unspecified atom stereocenters. The molecule has 168 valence electrons. The van der Waals surface area contributed by atoms with Gasteiger partial charge in [0, 0.05) is 56.3 Å². The number of carbonyl (C=O) groups is 1. The van der Waals surface area contributed by atoms with E-state index in [0.717, 1.165) is 63.1 Å². The summed E-state index contributed by atoms with van der Waals surface area (Å²) in [5.41, 5.74) is 1.05. The molecule has 4 heterocycles. The van der Waals surface area contributed by atoms with E-state index in [1.165, 1.54) is 17.8 Å². The molecule has 8 nitrogen and oxygen atoms in total. The standard InChI is InChI=1S/C22H32N6O2S/c1-15-10-16(2)12-27(11-15)13-18-14-31-22(24-18)26-20(29)17-5-8-28(9-6-17)21-23-7-4-19(25-21)30-3/h4,7,14-17H,5-6,8-13H2,1-3H3,(H,24,26,29). The molecule has 0 saturated carbocycles. The molecule has 0 radical (unpaired) electrons. The van der Waals surface area contributed by atoms with E-state index < -0.39 is 0 Å². The van der Waals surface area contributed by atoms with E-state index in [4.69, 9.17) is 4.74 Å². The molecule has 9 heteroatoms. The molecule has 2 aliphatic rings. The van der Waals surface area contributed by atoms with Crippen LogP contribution in [0.25, 0.3) is 0 Å². The molecular formula is C22H32N6O2S. The van der Waals surface area contributed by atoms with Gasteiger partial charge in [-0.15, -0.1) is 11.3 Å². The van der Waals surface area contributed by atoms with Crippen molar-refractivity contribution in [3.8, 4) is 5.88 Å². The summed E-state index contributed by atoms with van der Waals surface area (Å²) < 4.78 is 5.18. The summed E-state index contributed by atoms with van der Waals surface area (Å²) in [6.07, 6.45) is 4.55. The Kier molecular flexibility index (Phi) is 7.02. The molecule has 2 saturated heterocycles. The minimum Gasteiger partial charge on any atom is -0.481 e. The number of hydrogen-bond acceptors (Lipinski definition) is 8. The van der Waals surface area contributed by atoms with E-state index in [0.29, 0.717) is 17.0 Å². The van der Waals surface area contributed by atoms with Crippen LogP contribution in [0.15, 0.2) is 17.6 Å². The number of carbonyl (C=O) groups excluding carboxylic acids is 1. The van der Waals surface area contributed by atoms with Crippen molar-refractivity contribution in [2.45, 2.75) is 39.7 Å². The van der Waals surface area contributed by atoms with Gasteiger partial charge in [0.25, 0.3) is 0 Å². The Hall–Kier alpha value is -2.26. The monoisotopic (exact) mass is 444 g/mol. The second-order valence-electron chi connectivity index (χ2n) is 8.93. The molecule has 0 bridgehead atoms. The molecule has 2 atom stereocenters. The first-order valence-corrected chi connectivity index (χ1v) is 12.0. The van der Waals surface area contributed by atoms with Gasteiger partial charge in [-0.25, -0.2) is 9.97 Å². The van der Waals surface area contributed by atoms with Crippen LogP contribution in [0, 0.1) is 17.8 Å². The predicted octanol–water partition coefficient (Wildman–Crippen LogP) is 3.27. The first-order valence-electron chi connectivity index (χ1n) is 11.1. The number of nitrogens with one attached hydrogen (secondary N) is 1. The first kappa shape index (κ1) is 22.0. The van der Waals surface area contributed by atoms with Crippen molar-refractivity contribution < 1.29 is 9.53 Å². The third-order valence-electron chi connectivity index (χ3n) is 6.09. The van der Waals surface area contributed by atoms with E-state index in [9.17, 15) is 4.79 Å². The van der Waals surface area contributed by atoms with Crippen molar-refractivity contribution in [3.63, 3.8) is 0 Å². The summed E-state index contributed by atoms with van der Waals surface area (Å²) in [6, 6.07) is 1.73. The number of methoxy groups -OCH3 is 1. The highest BCUT2D eigenvalue weighted by Gasteiger charge is 2.27. The van der Waals surface area contributed by atoms with Crippen LogP contribution >= 0.6 is 11.3 Å². The number of ether oxygens (including phenoxy) is 1. The van der Waals surface area contributed by atoms with Crippen LogP contribution in [-0.4, -0.2) is 59.0 Å². The third kappa shape index (κ3) is 5.71. The average molecular weight is 445 g/mol. The molecule has 0 aliphatic carbocycles. The van der Waals surface area contributed by atoms with Gasteiger partial charge in [-0.05, 0) is 31.1 Å². The number of rotatable bonds is 6. The maximum atomic E-state index is 12.8. The molecule has 2 aliphatic heterocycles. The van der Waals surface area contributed by atoms with Crippen LogP contribution in [0.1, 0.15) is 38.8 Å². The Morgan fingerprint density at radius 2 is 1.97 bits per heavy atom. The van der Waals surface area contributed by atoms with Crippen LogP contribution in [0.4, 0.5) is 11.1 Å². The third-order valence-corrected chi connectivity index (χ3v) is 6.89. The van der Waals surface area contributed by atoms with Crippen LogP contribution in [-0.2, 0) is 11.3 Å². The van der Waals surface area contributed by atoms with Gasteiger partial charge >= 0.3 is 0 Å². The quantitative estimate of drug-likeness (QED) is 0.732. The van der Waals surface area contributed by atoms with Crippen LogP contribution in [0.5, 0.6) is 5.88 Å². The van der Waals surface area contributed by atoms with Crippen LogP contribution in [0.3, 0.4) is 0 Å². The molecule has 0 aromatic carbocycles. The van der Waals surface area contributed by atoms with Gasteiger partial charge in [0.15, 0.2) is 5.13 Å². The van der Waals surface area contributed by atoms with Gasteiger partial charge in [0.2, 0.25) is 17.7 Å². The smallest absolute Gasteiger partial charge is 0.229 e. The number of piperidine rings is 2. The zero-order chi connectivity index (χ0) is 21.8. The lowest BCUT2D eigenvalue weighted by Crippen LogP contribution is -2.39. The van der Waals surface area contributed by atoms with E-state index >= 15 is 0 Å². The Morgan fingerprint density at radius 3 is 2.68 bits per heavy atom. The lowest BCUT2D eigenvalue weighted by molar-refractivity contribution is -0.120. The number of thiazole rings is 1. The zero-order valence-corrected chi connectivity index (χ0v) is 19.4. The summed E-state index contributed by atoms with van der Waals surface area (Å²) in [5, 5.41) is 5.82. The summed E-state index contributed by atoms with van der Waals surface area (Å²) in [7, 11) is 1.60. The molecular weight excluding hydrogens is 412 g/mol. The van der Waals surface area contributed by atoms with E-state index in [1.54, 1.807) is 19.4 Å². The fourth-order valence-corrected chi connectivity index (χ4v) is 5.44. The average Bonchev–Trinajstić information content (AvgIpc) is 3.19. The van der Waals surface area contributed by atoms with Crippen molar-refractivity contribution in [1.29, 1.82) is 0 Å². The molecule has 4 rings (SSSR count). The van der Waals surface area contributed by atoms with Crippen molar-refractivity contribution in [1.82, 2.24) is 19.9 Å². The number of aromatic nitrogens is 3. The number of likely N-dealkylation sites (tertiary alicyclic amines) is 1. The van der Waals surface area contributed by atoms with Gasteiger partial charge < -0.3 is 15.0 Å². The van der Waals surface area contributed by atoms with Crippen molar-refractivity contribution in [2.75, 3.05) is 43.5 Å². The highest BCUT2D eigenvalue weighted by atomic mass is 32.1. The number of amides is 1. The predicted molar refractivity (Wildman–Crippen MR) is 122 cm³/mol. The molecule has 31 heavy (non-hydrogen) atoms. The summed E-state index contributed by atoms with van der Waals surface area (Å²) >= 11 is 1.52. The summed E-state index contributed by atoms with van der Waals surface area (Å²) in [5.74, 6) is 2.72.